The van der Waals surface area contributed by atoms with E-state index in [1.807, 2.05) is 13.1 Å². The number of fused-ring (bicyclic) bond motifs is 1. The lowest BCUT2D eigenvalue weighted by molar-refractivity contribution is -0.136. The Morgan fingerprint density at radius 2 is 1.61 bits per heavy atom. The molecule has 1 aliphatic carbocycles. The first-order valence-electron chi connectivity index (χ1n) is 9.77. The van der Waals surface area contributed by atoms with E-state index in [2.05, 4.69) is 16.0 Å². The molecule has 3 aliphatic rings. The molecule has 8 heteroatoms. The Hall–Kier alpha value is -2.74. The summed E-state index contributed by atoms with van der Waals surface area (Å²) >= 11 is 0. The number of carbonyl (C=O) groups is 4. The van der Waals surface area contributed by atoms with Crippen LogP contribution in [0.4, 0.5) is 5.69 Å². The van der Waals surface area contributed by atoms with Gasteiger partial charge in [-0.15, -0.1) is 0 Å². The summed E-state index contributed by atoms with van der Waals surface area (Å²) in [4.78, 5) is 50.1. The monoisotopic (exact) mass is 384 g/mol. The van der Waals surface area contributed by atoms with Crippen LogP contribution in [0.3, 0.4) is 0 Å². The minimum absolute atomic E-state index is 0.117. The van der Waals surface area contributed by atoms with Crippen LogP contribution >= 0.6 is 0 Å². The second kappa shape index (κ2) is 7.35. The van der Waals surface area contributed by atoms with Gasteiger partial charge in [0.05, 0.1) is 11.1 Å². The first-order valence-corrected chi connectivity index (χ1v) is 9.77. The molecule has 2 aliphatic heterocycles. The summed E-state index contributed by atoms with van der Waals surface area (Å²) in [5.74, 6) is -1.92. The third-order valence-electron chi connectivity index (χ3n) is 5.95. The Kier molecular flexibility index (Phi) is 4.89. The van der Waals surface area contributed by atoms with E-state index < -0.39 is 23.8 Å². The minimum Gasteiger partial charge on any atom is -0.382 e. The van der Waals surface area contributed by atoms with E-state index in [1.54, 1.807) is 12.1 Å². The maximum Gasteiger partial charge on any atom is 0.262 e. The molecule has 4 rings (SSSR count). The Morgan fingerprint density at radius 1 is 0.929 bits per heavy atom. The van der Waals surface area contributed by atoms with Crippen molar-refractivity contribution in [3.05, 3.63) is 29.3 Å². The third-order valence-corrected chi connectivity index (χ3v) is 5.95. The zero-order valence-corrected chi connectivity index (χ0v) is 15.8. The van der Waals surface area contributed by atoms with Crippen molar-refractivity contribution < 1.29 is 19.2 Å². The van der Waals surface area contributed by atoms with Gasteiger partial charge in [-0.25, -0.2) is 0 Å². The van der Waals surface area contributed by atoms with E-state index in [9.17, 15) is 19.2 Å². The molecule has 1 saturated heterocycles. The molecule has 148 valence electrons. The maximum atomic E-state index is 12.9. The number of hydrogen-bond donors (Lipinski definition) is 3. The van der Waals surface area contributed by atoms with Crippen LogP contribution in [0.2, 0.25) is 0 Å². The number of anilines is 1. The van der Waals surface area contributed by atoms with E-state index in [0.29, 0.717) is 23.2 Å². The molecule has 1 saturated carbocycles. The van der Waals surface area contributed by atoms with E-state index in [-0.39, 0.29) is 18.7 Å². The van der Waals surface area contributed by atoms with Crippen molar-refractivity contribution in [2.75, 3.05) is 12.4 Å². The molecular formula is C20H24N4O4. The van der Waals surface area contributed by atoms with Gasteiger partial charge in [0.1, 0.15) is 6.04 Å². The highest BCUT2D eigenvalue weighted by molar-refractivity contribution is 6.23. The fourth-order valence-electron chi connectivity index (χ4n) is 4.32. The van der Waals surface area contributed by atoms with Crippen molar-refractivity contribution in [2.45, 2.75) is 56.7 Å². The molecule has 0 radical (unpaired) electrons. The van der Waals surface area contributed by atoms with E-state index >= 15 is 0 Å². The van der Waals surface area contributed by atoms with Gasteiger partial charge in [0.25, 0.3) is 11.8 Å². The summed E-state index contributed by atoms with van der Waals surface area (Å²) in [6, 6.07) is 5.11. The highest BCUT2D eigenvalue weighted by atomic mass is 16.2. The second-order valence-electron chi connectivity index (χ2n) is 7.69. The van der Waals surface area contributed by atoms with Crippen LogP contribution in [0.15, 0.2) is 18.2 Å². The standard InChI is InChI=1S/C20H24N4O4/c1-21-11-2-4-12(5-3-11)22-13-6-7-14-15(10-13)20(28)24(19(14)27)16-8-9-17(25)23-18(16)26/h6-7,10-12,16,21-22H,2-5,8-9H2,1H3,(H,23,25,26). The molecule has 1 aromatic rings. The largest absolute Gasteiger partial charge is 0.382 e. The Balaban J connectivity index is 1.50. The van der Waals surface area contributed by atoms with Gasteiger partial charge in [0.15, 0.2) is 0 Å². The lowest BCUT2D eigenvalue weighted by Crippen LogP contribution is -2.54. The molecular weight excluding hydrogens is 360 g/mol. The molecule has 1 aromatic carbocycles. The van der Waals surface area contributed by atoms with Gasteiger partial charge in [0, 0.05) is 24.2 Å². The van der Waals surface area contributed by atoms with Crippen LogP contribution < -0.4 is 16.0 Å². The number of amides is 4. The van der Waals surface area contributed by atoms with E-state index in [0.717, 1.165) is 36.3 Å². The van der Waals surface area contributed by atoms with Crippen molar-refractivity contribution in [1.82, 2.24) is 15.5 Å². The summed E-state index contributed by atoms with van der Waals surface area (Å²) in [7, 11) is 1.98. The molecule has 0 aromatic heterocycles. The summed E-state index contributed by atoms with van der Waals surface area (Å²) in [5.41, 5.74) is 1.42. The summed E-state index contributed by atoms with van der Waals surface area (Å²) in [6.07, 6.45) is 4.55. The number of nitrogens with zero attached hydrogens (tertiary/aromatic N) is 1. The van der Waals surface area contributed by atoms with E-state index in [4.69, 9.17) is 0 Å². The lowest BCUT2D eigenvalue weighted by Gasteiger charge is -2.29. The molecule has 2 heterocycles. The van der Waals surface area contributed by atoms with Gasteiger partial charge in [0.2, 0.25) is 11.8 Å². The first kappa shape index (κ1) is 18.6. The first-order chi connectivity index (χ1) is 13.5. The minimum atomic E-state index is -0.932. The van der Waals surface area contributed by atoms with Crippen LogP contribution in [-0.4, -0.2) is 53.7 Å². The fourth-order valence-corrected chi connectivity index (χ4v) is 4.32. The maximum absolute atomic E-state index is 12.9. The number of hydrogen-bond acceptors (Lipinski definition) is 6. The number of imide groups is 2. The molecule has 0 spiro atoms. The number of rotatable bonds is 4. The van der Waals surface area contributed by atoms with Crippen molar-refractivity contribution in [1.29, 1.82) is 0 Å². The van der Waals surface area contributed by atoms with Crippen LogP contribution in [-0.2, 0) is 9.59 Å². The summed E-state index contributed by atoms with van der Waals surface area (Å²) < 4.78 is 0. The SMILES string of the molecule is CNC1CCC(Nc2ccc3c(c2)C(=O)N(C2CCC(=O)NC2=O)C3=O)CC1. The number of nitrogens with one attached hydrogen (secondary N) is 3. The molecule has 8 nitrogen and oxygen atoms in total. The normalized spacial score (nSPS) is 27.6. The highest BCUT2D eigenvalue weighted by Gasteiger charge is 2.44. The Morgan fingerprint density at radius 3 is 2.29 bits per heavy atom. The van der Waals surface area contributed by atoms with Crippen molar-refractivity contribution in [3.8, 4) is 0 Å². The van der Waals surface area contributed by atoms with E-state index in [1.165, 1.54) is 0 Å². The molecule has 4 amide bonds. The third kappa shape index (κ3) is 3.28. The Labute approximate surface area is 163 Å². The Bertz CT molecular complexity index is 845. The number of benzene rings is 1. The van der Waals surface area contributed by atoms with Crippen LogP contribution in [0.1, 0.15) is 59.2 Å². The van der Waals surface area contributed by atoms with Crippen LogP contribution in [0.25, 0.3) is 0 Å². The van der Waals surface area contributed by atoms with Gasteiger partial charge in [-0.3, -0.25) is 29.4 Å². The van der Waals surface area contributed by atoms with Gasteiger partial charge in [-0.1, -0.05) is 0 Å². The highest BCUT2D eigenvalue weighted by Crippen LogP contribution is 2.30. The predicted molar refractivity (Wildman–Crippen MR) is 102 cm³/mol. The smallest absolute Gasteiger partial charge is 0.262 e. The number of carbonyl (C=O) groups excluding carboxylic acids is 4. The quantitative estimate of drug-likeness (QED) is 0.670. The topological polar surface area (TPSA) is 108 Å². The number of piperidine rings is 1. The van der Waals surface area contributed by atoms with Crippen LogP contribution in [0.5, 0.6) is 0 Å². The summed E-state index contributed by atoms with van der Waals surface area (Å²) in [5, 5.41) is 8.98. The van der Waals surface area contributed by atoms with Crippen LogP contribution in [0, 0.1) is 0 Å². The van der Waals surface area contributed by atoms with Crippen molar-refractivity contribution in [3.63, 3.8) is 0 Å². The molecule has 3 N–H and O–H groups in total. The molecule has 1 unspecified atom stereocenters. The molecule has 2 fully saturated rings. The predicted octanol–water partition coefficient (Wildman–Crippen LogP) is 1.03. The fraction of sp³-hybridized carbons (Fsp3) is 0.500. The van der Waals surface area contributed by atoms with Gasteiger partial charge < -0.3 is 10.6 Å². The summed E-state index contributed by atoms with van der Waals surface area (Å²) in [6.45, 7) is 0. The van der Waals surface area contributed by atoms with Crippen molar-refractivity contribution >= 4 is 29.3 Å². The average molecular weight is 384 g/mol. The molecule has 1 atom stereocenters. The van der Waals surface area contributed by atoms with Gasteiger partial charge in [-0.2, -0.15) is 0 Å². The van der Waals surface area contributed by atoms with Crippen molar-refractivity contribution in [2.24, 2.45) is 0 Å². The molecule has 28 heavy (non-hydrogen) atoms. The lowest BCUT2D eigenvalue weighted by atomic mass is 9.91. The van der Waals surface area contributed by atoms with Gasteiger partial charge >= 0.3 is 0 Å². The zero-order valence-electron chi connectivity index (χ0n) is 15.8. The second-order valence-corrected chi connectivity index (χ2v) is 7.69. The molecule has 0 bridgehead atoms. The average Bonchev–Trinajstić information content (AvgIpc) is 2.93. The van der Waals surface area contributed by atoms with Gasteiger partial charge in [-0.05, 0) is 57.4 Å². The zero-order chi connectivity index (χ0) is 19.8.